The molecule has 3 N–H and O–H groups in total. The summed E-state index contributed by atoms with van der Waals surface area (Å²) in [4.78, 5) is 0. The summed E-state index contributed by atoms with van der Waals surface area (Å²) in [5.41, 5.74) is 0.332. The fourth-order valence-corrected chi connectivity index (χ4v) is 2.31. The summed E-state index contributed by atoms with van der Waals surface area (Å²) >= 11 is 0. The Morgan fingerprint density at radius 1 is 1.27 bits per heavy atom. The lowest BCUT2D eigenvalue weighted by Gasteiger charge is -2.41. The molecule has 0 aliphatic carbocycles. The number of nitrogens with zero attached hydrogens (tertiary/aromatic N) is 1. The number of piperidine rings is 1. The standard InChI is InChI=1S/C8H17N3/c9-11-6-2-1-3-8(11)4-5-10-7-8/h10H,1-7,9H2. The molecule has 2 aliphatic rings. The molecule has 2 aliphatic heterocycles. The van der Waals surface area contributed by atoms with Crippen LogP contribution in [0.5, 0.6) is 0 Å². The summed E-state index contributed by atoms with van der Waals surface area (Å²) in [6.45, 7) is 3.33. The van der Waals surface area contributed by atoms with E-state index in [2.05, 4.69) is 10.3 Å². The van der Waals surface area contributed by atoms with Gasteiger partial charge in [-0.15, -0.1) is 0 Å². The molecular weight excluding hydrogens is 138 g/mol. The molecule has 0 aromatic heterocycles. The minimum absolute atomic E-state index is 0.332. The molecule has 11 heavy (non-hydrogen) atoms. The molecule has 1 unspecified atom stereocenters. The molecule has 0 aromatic carbocycles. The summed E-state index contributed by atoms with van der Waals surface area (Å²) in [6, 6.07) is 0. The lowest BCUT2D eigenvalue weighted by atomic mass is 9.87. The SMILES string of the molecule is NN1CCCCC12CCNC2. The van der Waals surface area contributed by atoms with Crippen molar-refractivity contribution in [3.8, 4) is 0 Å². The average molecular weight is 155 g/mol. The first-order chi connectivity index (χ1) is 5.33. The van der Waals surface area contributed by atoms with Gasteiger partial charge in [0.05, 0.1) is 0 Å². The lowest BCUT2D eigenvalue weighted by molar-refractivity contribution is 0.0625. The van der Waals surface area contributed by atoms with Crippen LogP contribution in [0.25, 0.3) is 0 Å². The molecule has 2 rings (SSSR count). The Hall–Kier alpha value is -0.120. The highest BCUT2D eigenvalue weighted by Gasteiger charge is 2.39. The topological polar surface area (TPSA) is 41.3 Å². The number of hydrazine groups is 1. The monoisotopic (exact) mass is 155 g/mol. The second-order valence-corrected chi connectivity index (χ2v) is 3.80. The van der Waals surface area contributed by atoms with Crippen LogP contribution in [0.4, 0.5) is 0 Å². The molecule has 0 aromatic rings. The Bertz CT molecular complexity index is 140. The molecule has 1 atom stereocenters. The van der Waals surface area contributed by atoms with E-state index in [9.17, 15) is 0 Å². The van der Waals surface area contributed by atoms with Crippen molar-refractivity contribution in [3.05, 3.63) is 0 Å². The zero-order chi connectivity index (χ0) is 7.73. The van der Waals surface area contributed by atoms with E-state index in [1.54, 1.807) is 0 Å². The van der Waals surface area contributed by atoms with Gasteiger partial charge >= 0.3 is 0 Å². The third-order valence-corrected chi connectivity index (χ3v) is 3.12. The van der Waals surface area contributed by atoms with Crippen LogP contribution in [0.2, 0.25) is 0 Å². The van der Waals surface area contributed by atoms with Crippen molar-refractivity contribution in [2.75, 3.05) is 19.6 Å². The van der Waals surface area contributed by atoms with Gasteiger partial charge in [0.1, 0.15) is 0 Å². The Kier molecular flexibility index (Phi) is 1.87. The maximum Gasteiger partial charge on any atom is 0.0488 e. The van der Waals surface area contributed by atoms with Crippen molar-refractivity contribution in [3.63, 3.8) is 0 Å². The summed E-state index contributed by atoms with van der Waals surface area (Å²) in [5, 5.41) is 5.46. The van der Waals surface area contributed by atoms with Crippen LogP contribution in [0.1, 0.15) is 25.7 Å². The minimum Gasteiger partial charge on any atom is -0.315 e. The van der Waals surface area contributed by atoms with E-state index in [1.807, 2.05) is 0 Å². The number of rotatable bonds is 0. The molecular formula is C8H17N3. The Morgan fingerprint density at radius 3 is 2.82 bits per heavy atom. The highest BCUT2D eigenvalue weighted by atomic mass is 15.5. The van der Waals surface area contributed by atoms with Crippen LogP contribution in [-0.4, -0.2) is 30.2 Å². The van der Waals surface area contributed by atoms with Crippen molar-refractivity contribution in [1.29, 1.82) is 0 Å². The van der Waals surface area contributed by atoms with Gasteiger partial charge in [0, 0.05) is 18.6 Å². The van der Waals surface area contributed by atoms with Crippen molar-refractivity contribution >= 4 is 0 Å². The molecule has 1 spiro atoms. The predicted molar refractivity (Wildman–Crippen MR) is 45.0 cm³/mol. The van der Waals surface area contributed by atoms with E-state index in [0.29, 0.717) is 5.54 Å². The predicted octanol–water partition coefficient (Wildman–Crippen LogP) is 0.0781. The van der Waals surface area contributed by atoms with E-state index >= 15 is 0 Å². The largest absolute Gasteiger partial charge is 0.315 e. The highest BCUT2D eigenvalue weighted by molar-refractivity contribution is 4.97. The van der Waals surface area contributed by atoms with Gasteiger partial charge in [0.25, 0.3) is 0 Å². The van der Waals surface area contributed by atoms with Gasteiger partial charge in [-0.2, -0.15) is 0 Å². The van der Waals surface area contributed by atoms with Crippen LogP contribution in [-0.2, 0) is 0 Å². The Morgan fingerprint density at radius 2 is 2.18 bits per heavy atom. The van der Waals surface area contributed by atoms with Crippen molar-refractivity contribution in [1.82, 2.24) is 10.3 Å². The molecule has 3 nitrogen and oxygen atoms in total. The van der Waals surface area contributed by atoms with E-state index in [4.69, 9.17) is 5.84 Å². The first-order valence-corrected chi connectivity index (χ1v) is 4.57. The zero-order valence-electron chi connectivity index (χ0n) is 6.97. The van der Waals surface area contributed by atoms with Crippen LogP contribution < -0.4 is 11.2 Å². The van der Waals surface area contributed by atoms with Crippen LogP contribution in [0.3, 0.4) is 0 Å². The van der Waals surface area contributed by atoms with Crippen molar-refractivity contribution in [2.45, 2.75) is 31.2 Å². The summed E-state index contributed by atoms with van der Waals surface area (Å²) in [6.07, 6.45) is 5.16. The van der Waals surface area contributed by atoms with Gasteiger partial charge in [0.15, 0.2) is 0 Å². The Labute approximate surface area is 67.9 Å². The maximum atomic E-state index is 5.97. The first-order valence-electron chi connectivity index (χ1n) is 4.57. The third kappa shape index (κ3) is 1.17. The Balaban J connectivity index is 2.07. The molecule has 3 heteroatoms. The normalized spacial score (nSPS) is 40.1. The first kappa shape index (κ1) is 7.53. The smallest absolute Gasteiger partial charge is 0.0488 e. The molecule has 0 radical (unpaired) electrons. The van der Waals surface area contributed by atoms with E-state index in [1.165, 1.54) is 25.7 Å². The van der Waals surface area contributed by atoms with Crippen LogP contribution >= 0.6 is 0 Å². The van der Waals surface area contributed by atoms with Crippen molar-refractivity contribution in [2.24, 2.45) is 5.84 Å². The fourth-order valence-electron chi connectivity index (χ4n) is 2.31. The van der Waals surface area contributed by atoms with Gasteiger partial charge in [-0.05, 0) is 25.8 Å². The molecule has 0 amide bonds. The highest BCUT2D eigenvalue weighted by Crippen LogP contribution is 2.30. The van der Waals surface area contributed by atoms with Gasteiger partial charge in [-0.3, -0.25) is 5.84 Å². The molecule has 2 heterocycles. The summed E-state index contributed by atoms with van der Waals surface area (Å²) in [5.74, 6) is 5.97. The average Bonchev–Trinajstić information content (AvgIpc) is 2.46. The number of nitrogens with one attached hydrogen (secondary N) is 1. The molecule has 2 saturated heterocycles. The second-order valence-electron chi connectivity index (χ2n) is 3.80. The summed E-state index contributed by atoms with van der Waals surface area (Å²) < 4.78 is 0. The van der Waals surface area contributed by atoms with E-state index in [0.717, 1.165) is 19.6 Å². The zero-order valence-corrected chi connectivity index (χ0v) is 6.97. The van der Waals surface area contributed by atoms with Gasteiger partial charge in [0.2, 0.25) is 0 Å². The van der Waals surface area contributed by atoms with Crippen LogP contribution in [0.15, 0.2) is 0 Å². The molecule has 64 valence electrons. The van der Waals surface area contributed by atoms with Gasteiger partial charge in [-0.1, -0.05) is 6.42 Å². The molecule has 0 bridgehead atoms. The number of hydrogen-bond acceptors (Lipinski definition) is 3. The fraction of sp³-hybridized carbons (Fsp3) is 1.00. The summed E-state index contributed by atoms with van der Waals surface area (Å²) in [7, 11) is 0. The molecule has 0 saturated carbocycles. The van der Waals surface area contributed by atoms with E-state index < -0.39 is 0 Å². The lowest BCUT2D eigenvalue weighted by Crippen LogP contribution is -2.56. The third-order valence-electron chi connectivity index (χ3n) is 3.12. The van der Waals surface area contributed by atoms with Gasteiger partial charge in [-0.25, -0.2) is 5.01 Å². The molecule has 2 fully saturated rings. The minimum atomic E-state index is 0.332. The number of nitrogens with two attached hydrogens (primary N) is 1. The number of hydrogen-bond donors (Lipinski definition) is 2. The second kappa shape index (κ2) is 2.73. The van der Waals surface area contributed by atoms with Crippen molar-refractivity contribution < 1.29 is 0 Å². The quantitative estimate of drug-likeness (QED) is 0.487. The van der Waals surface area contributed by atoms with Gasteiger partial charge < -0.3 is 5.32 Å². The van der Waals surface area contributed by atoms with Crippen LogP contribution in [0, 0.1) is 0 Å². The maximum absolute atomic E-state index is 5.97. The van der Waals surface area contributed by atoms with E-state index in [-0.39, 0.29) is 0 Å².